The summed E-state index contributed by atoms with van der Waals surface area (Å²) in [6.07, 6.45) is 1.56. The topological polar surface area (TPSA) is 90.6 Å². The summed E-state index contributed by atoms with van der Waals surface area (Å²) in [5.41, 5.74) is 4.31. The van der Waals surface area contributed by atoms with Crippen LogP contribution in [0.5, 0.6) is 11.5 Å². The number of carbonyl (C=O) groups is 1. The van der Waals surface area contributed by atoms with Gasteiger partial charge in [0.05, 0.1) is 25.7 Å². The average molecular weight is 440 g/mol. The lowest BCUT2D eigenvalue weighted by molar-refractivity contribution is -0.118. The number of nitrogens with one attached hydrogen (secondary N) is 1. The normalized spacial score (nSPS) is 10.9. The van der Waals surface area contributed by atoms with Crippen LogP contribution in [-0.4, -0.2) is 46.4 Å². The van der Waals surface area contributed by atoms with E-state index < -0.39 is 0 Å². The number of hydrogen-bond donors (Lipinski definition) is 1. The number of hydrogen-bond acceptors (Lipinski definition) is 7. The predicted octanol–water partition coefficient (Wildman–Crippen LogP) is 3.61. The van der Waals surface area contributed by atoms with Gasteiger partial charge in [-0.1, -0.05) is 42.1 Å². The molecule has 1 amide bonds. The minimum absolute atomic E-state index is 0.177. The van der Waals surface area contributed by atoms with Gasteiger partial charge in [-0.05, 0) is 37.6 Å². The number of carbonyl (C=O) groups excluding carboxylic acids is 1. The number of ether oxygens (including phenoxy) is 2. The van der Waals surface area contributed by atoms with Crippen molar-refractivity contribution in [2.24, 2.45) is 5.10 Å². The molecule has 2 aromatic carbocycles. The minimum atomic E-state index is -0.230. The Morgan fingerprint density at radius 3 is 2.68 bits per heavy atom. The van der Waals surface area contributed by atoms with Crippen LogP contribution in [0.1, 0.15) is 19.4 Å². The average Bonchev–Trinajstić information content (AvgIpc) is 3.22. The van der Waals surface area contributed by atoms with E-state index in [0.717, 1.165) is 17.0 Å². The quantitative estimate of drug-likeness (QED) is 0.295. The van der Waals surface area contributed by atoms with Crippen LogP contribution < -0.4 is 14.9 Å². The maximum absolute atomic E-state index is 12.2. The first-order chi connectivity index (χ1) is 15.2. The van der Waals surface area contributed by atoms with Crippen LogP contribution in [0.15, 0.2) is 58.8 Å². The third kappa shape index (κ3) is 5.85. The Hall–Kier alpha value is -3.33. The summed E-state index contributed by atoms with van der Waals surface area (Å²) in [7, 11) is 1.58. The van der Waals surface area contributed by atoms with Crippen molar-refractivity contribution in [1.82, 2.24) is 20.2 Å². The summed E-state index contributed by atoms with van der Waals surface area (Å²) in [6, 6.07) is 15.3. The summed E-state index contributed by atoms with van der Waals surface area (Å²) in [6.45, 7) is 5.19. The van der Waals surface area contributed by atoms with E-state index in [-0.39, 0.29) is 11.7 Å². The fraction of sp³-hybridized carbons (Fsp3) is 0.273. The smallest absolute Gasteiger partial charge is 0.250 e. The fourth-order valence-electron chi connectivity index (χ4n) is 2.86. The number of methoxy groups -OCH3 is 1. The van der Waals surface area contributed by atoms with Crippen molar-refractivity contribution in [3.63, 3.8) is 0 Å². The van der Waals surface area contributed by atoms with E-state index >= 15 is 0 Å². The highest BCUT2D eigenvalue weighted by Gasteiger charge is 2.14. The van der Waals surface area contributed by atoms with E-state index in [9.17, 15) is 4.79 Å². The Bertz CT molecular complexity index is 1040. The predicted molar refractivity (Wildman–Crippen MR) is 122 cm³/mol. The zero-order valence-corrected chi connectivity index (χ0v) is 18.6. The number of hydrazone groups is 1. The summed E-state index contributed by atoms with van der Waals surface area (Å²) >= 11 is 1.32. The molecular formula is C22H25N5O3S. The number of aromatic nitrogens is 3. The van der Waals surface area contributed by atoms with Crippen LogP contribution in [0.3, 0.4) is 0 Å². The van der Waals surface area contributed by atoms with Crippen LogP contribution in [-0.2, 0) is 11.3 Å². The highest BCUT2D eigenvalue weighted by atomic mass is 32.2. The third-order valence-corrected chi connectivity index (χ3v) is 5.25. The molecule has 1 N–H and O–H groups in total. The Kier molecular flexibility index (Phi) is 8.05. The molecule has 0 unspecified atom stereocenters. The Labute approximate surface area is 185 Å². The SMILES string of the molecule is CCOc1ccc(/C=N\NC(=O)CSc2nnc(-c3ccccc3)n2CC)cc1OC. The second-order valence-corrected chi connectivity index (χ2v) is 7.28. The maximum Gasteiger partial charge on any atom is 0.250 e. The summed E-state index contributed by atoms with van der Waals surface area (Å²) in [5, 5.41) is 13.2. The highest BCUT2D eigenvalue weighted by Crippen LogP contribution is 2.27. The van der Waals surface area contributed by atoms with Crippen LogP contribution in [0.4, 0.5) is 0 Å². The summed E-state index contributed by atoms with van der Waals surface area (Å²) < 4.78 is 12.8. The van der Waals surface area contributed by atoms with Gasteiger partial charge in [0.25, 0.3) is 5.91 Å². The minimum Gasteiger partial charge on any atom is -0.493 e. The molecule has 0 atom stereocenters. The van der Waals surface area contributed by atoms with Crippen LogP contribution >= 0.6 is 11.8 Å². The van der Waals surface area contributed by atoms with Gasteiger partial charge in [-0.3, -0.25) is 4.79 Å². The first kappa shape index (κ1) is 22.4. The molecule has 3 rings (SSSR count). The molecule has 0 saturated carbocycles. The molecule has 9 heteroatoms. The molecule has 8 nitrogen and oxygen atoms in total. The van der Waals surface area contributed by atoms with Crippen molar-refractivity contribution in [1.29, 1.82) is 0 Å². The number of thioether (sulfide) groups is 1. The lowest BCUT2D eigenvalue weighted by Crippen LogP contribution is -2.20. The zero-order valence-electron chi connectivity index (χ0n) is 17.7. The monoisotopic (exact) mass is 439 g/mol. The molecule has 0 bridgehead atoms. The number of amides is 1. The molecule has 162 valence electrons. The van der Waals surface area contributed by atoms with Gasteiger partial charge in [-0.25, -0.2) is 5.43 Å². The Morgan fingerprint density at radius 2 is 1.97 bits per heavy atom. The van der Waals surface area contributed by atoms with E-state index in [1.165, 1.54) is 11.8 Å². The van der Waals surface area contributed by atoms with E-state index in [4.69, 9.17) is 9.47 Å². The van der Waals surface area contributed by atoms with Gasteiger partial charge in [-0.15, -0.1) is 10.2 Å². The van der Waals surface area contributed by atoms with Gasteiger partial charge >= 0.3 is 0 Å². The van der Waals surface area contributed by atoms with Crippen molar-refractivity contribution in [3.05, 3.63) is 54.1 Å². The van der Waals surface area contributed by atoms with Crippen LogP contribution in [0.2, 0.25) is 0 Å². The van der Waals surface area contributed by atoms with Gasteiger partial charge in [0.1, 0.15) is 0 Å². The van der Waals surface area contributed by atoms with Gasteiger partial charge in [0, 0.05) is 12.1 Å². The molecule has 0 radical (unpaired) electrons. The standard InChI is InChI=1S/C22H25N5O3S/c1-4-27-21(17-9-7-6-8-10-17)25-26-22(27)31-15-20(28)24-23-14-16-11-12-18(30-5-2)19(13-16)29-3/h6-14H,4-5,15H2,1-3H3,(H,24,28)/b23-14-. The molecule has 0 aliphatic rings. The second-order valence-electron chi connectivity index (χ2n) is 6.34. The first-order valence-electron chi connectivity index (χ1n) is 9.90. The maximum atomic E-state index is 12.2. The van der Waals surface area contributed by atoms with E-state index in [2.05, 4.69) is 20.7 Å². The van der Waals surface area contributed by atoms with Crippen molar-refractivity contribution < 1.29 is 14.3 Å². The number of benzene rings is 2. The second kappa shape index (κ2) is 11.2. The molecule has 0 saturated heterocycles. The van der Waals surface area contributed by atoms with Crippen LogP contribution in [0, 0.1) is 0 Å². The highest BCUT2D eigenvalue weighted by molar-refractivity contribution is 7.99. The van der Waals surface area contributed by atoms with Crippen molar-refractivity contribution in [2.45, 2.75) is 25.5 Å². The van der Waals surface area contributed by atoms with Crippen molar-refractivity contribution >= 4 is 23.9 Å². The van der Waals surface area contributed by atoms with Crippen molar-refractivity contribution in [2.75, 3.05) is 19.5 Å². The van der Waals surface area contributed by atoms with Crippen molar-refractivity contribution in [3.8, 4) is 22.9 Å². The van der Waals surface area contributed by atoms with Gasteiger partial charge < -0.3 is 14.0 Å². The Balaban J connectivity index is 1.57. The molecular weight excluding hydrogens is 414 g/mol. The molecule has 0 fully saturated rings. The van der Waals surface area contributed by atoms with Gasteiger partial charge in [0.2, 0.25) is 0 Å². The van der Waals surface area contributed by atoms with Gasteiger partial charge in [-0.2, -0.15) is 5.10 Å². The lowest BCUT2D eigenvalue weighted by atomic mass is 10.2. The molecule has 3 aromatic rings. The van der Waals surface area contributed by atoms with E-state index in [1.807, 2.05) is 60.9 Å². The lowest BCUT2D eigenvalue weighted by Gasteiger charge is -2.09. The summed E-state index contributed by atoms with van der Waals surface area (Å²) in [4.78, 5) is 12.2. The van der Waals surface area contributed by atoms with Gasteiger partial charge in [0.15, 0.2) is 22.5 Å². The molecule has 1 aromatic heterocycles. The molecule has 31 heavy (non-hydrogen) atoms. The molecule has 0 spiro atoms. The number of nitrogens with zero attached hydrogens (tertiary/aromatic N) is 4. The summed E-state index contributed by atoms with van der Waals surface area (Å²) in [5.74, 6) is 2.01. The largest absolute Gasteiger partial charge is 0.493 e. The van der Waals surface area contributed by atoms with E-state index in [1.54, 1.807) is 19.4 Å². The molecule has 0 aliphatic carbocycles. The molecule has 1 heterocycles. The van der Waals surface area contributed by atoms with E-state index in [0.29, 0.717) is 29.8 Å². The number of rotatable bonds is 10. The zero-order chi connectivity index (χ0) is 22.1. The molecule has 0 aliphatic heterocycles. The first-order valence-corrected chi connectivity index (χ1v) is 10.9. The third-order valence-electron chi connectivity index (χ3n) is 4.29. The fourth-order valence-corrected chi connectivity index (χ4v) is 3.66. The van der Waals surface area contributed by atoms with Crippen LogP contribution in [0.25, 0.3) is 11.4 Å². The Morgan fingerprint density at radius 1 is 1.16 bits per heavy atom.